The zero-order valence-electron chi connectivity index (χ0n) is 13.6. The zero-order valence-corrected chi connectivity index (χ0v) is 16.6. The Morgan fingerprint density at radius 1 is 1.50 bits per heavy atom. The quantitative estimate of drug-likeness (QED) is 0.447. The van der Waals surface area contributed by atoms with Crippen molar-refractivity contribution in [2.45, 2.75) is 13.0 Å². The lowest BCUT2D eigenvalue weighted by molar-refractivity contribution is 0.390. The van der Waals surface area contributed by atoms with E-state index in [9.17, 15) is 0 Å². The molecular weight excluding hydrogens is 411 g/mol. The van der Waals surface area contributed by atoms with Crippen LogP contribution < -0.4 is 5.32 Å². The number of aliphatic imine (C=N–C) groups is 1. The molecule has 2 rings (SSSR count). The van der Waals surface area contributed by atoms with Gasteiger partial charge in [-0.05, 0) is 43.6 Å². The average Bonchev–Trinajstić information content (AvgIpc) is 2.85. The molecule has 6 heteroatoms. The highest BCUT2D eigenvalue weighted by Gasteiger charge is 2.19. The zero-order chi connectivity index (χ0) is 15.2. The first-order chi connectivity index (χ1) is 10.1. The molecule has 1 aromatic carbocycles. The summed E-state index contributed by atoms with van der Waals surface area (Å²) >= 11 is 6.03. The molecule has 1 saturated heterocycles. The van der Waals surface area contributed by atoms with Crippen LogP contribution in [0.4, 0.5) is 0 Å². The number of hydrogen-bond donors (Lipinski definition) is 1. The first-order valence-electron chi connectivity index (χ1n) is 7.43. The van der Waals surface area contributed by atoms with Gasteiger partial charge in [0.2, 0.25) is 0 Å². The minimum Gasteiger partial charge on any atom is -0.356 e. The van der Waals surface area contributed by atoms with Crippen molar-refractivity contribution in [2.75, 3.05) is 40.8 Å². The van der Waals surface area contributed by atoms with Gasteiger partial charge in [0.25, 0.3) is 0 Å². The lowest BCUT2D eigenvalue weighted by Crippen LogP contribution is -2.41. The predicted octanol–water partition coefficient (Wildman–Crippen LogP) is 2.92. The minimum absolute atomic E-state index is 0. The Labute approximate surface area is 155 Å². The van der Waals surface area contributed by atoms with Gasteiger partial charge in [0.15, 0.2) is 5.96 Å². The molecule has 1 unspecified atom stereocenters. The summed E-state index contributed by atoms with van der Waals surface area (Å²) < 4.78 is 0. The van der Waals surface area contributed by atoms with E-state index in [2.05, 4.69) is 40.3 Å². The van der Waals surface area contributed by atoms with Gasteiger partial charge in [-0.25, -0.2) is 0 Å². The summed E-state index contributed by atoms with van der Waals surface area (Å²) in [5.41, 5.74) is 1.19. The van der Waals surface area contributed by atoms with E-state index in [1.165, 1.54) is 25.1 Å². The summed E-state index contributed by atoms with van der Waals surface area (Å²) in [5.74, 6) is 1.65. The number of likely N-dealkylation sites (tertiary alicyclic amines) is 1. The van der Waals surface area contributed by atoms with Crippen LogP contribution in [0.2, 0.25) is 5.02 Å². The molecule has 0 aliphatic carbocycles. The number of rotatable bonds is 4. The van der Waals surface area contributed by atoms with Crippen LogP contribution in [-0.2, 0) is 6.54 Å². The largest absolute Gasteiger partial charge is 0.356 e. The summed E-state index contributed by atoms with van der Waals surface area (Å²) in [7, 11) is 6.06. The molecule has 0 aromatic heterocycles. The lowest BCUT2D eigenvalue weighted by Gasteiger charge is -2.23. The Morgan fingerprint density at radius 2 is 2.27 bits per heavy atom. The normalized spacial score (nSPS) is 18.9. The second kappa shape index (κ2) is 9.57. The number of hydrogen-bond acceptors (Lipinski definition) is 2. The summed E-state index contributed by atoms with van der Waals surface area (Å²) in [5, 5.41) is 4.26. The molecule has 0 amide bonds. The maximum atomic E-state index is 6.03. The van der Waals surface area contributed by atoms with Crippen molar-refractivity contribution < 1.29 is 0 Å². The van der Waals surface area contributed by atoms with E-state index in [1.807, 2.05) is 25.2 Å². The molecule has 0 spiro atoms. The Hall–Kier alpha value is -0.530. The SMILES string of the molecule is CN=C(NCC1CCN(C)C1)N(C)Cc1cccc(Cl)c1.I. The van der Waals surface area contributed by atoms with Crippen LogP contribution >= 0.6 is 35.6 Å². The maximum Gasteiger partial charge on any atom is 0.193 e. The van der Waals surface area contributed by atoms with Gasteiger partial charge >= 0.3 is 0 Å². The van der Waals surface area contributed by atoms with E-state index < -0.39 is 0 Å². The fraction of sp³-hybridized carbons (Fsp3) is 0.562. The van der Waals surface area contributed by atoms with Crippen LogP contribution in [-0.4, -0.2) is 56.5 Å². The summed E-state index contributed by atoms with van der Waals surface area (Å²) in [6.07, 6.45) is 1.26. The van der Waals surface area contributed by atoms with Gasteiger partial charge < -0.3 is 15.1 Å². The topological polar surface area (TPSA) is 30.9 Å². The van der Waals surface area contributed by atoms with Crippen molar-refractivity contribution >= 4 is 41.5 Å². The van der Waals surface area contributed by atoms with Crippen molar-refractivity contribution in [3.63, 3.8) is 0 Å². The molecule has 0 bridgehead atoms. The van der Waals surface area contributed by atoms with Crippen LogP contribution in [0.15, 0.2) is 29.3 Å². The molecule has 1 N–H and O–H groups in total. The van der Waals surface area contributed by atoms with Crippen LogP contribution in [0, 0.1) is 5.92 Å². The average molecular weight is 437 g/mol. The van der Waals surface area contributed by atoms with Crippen LogP contribution in [0.1, 0.15) is 12.0 Å². The van der Waals surface area contributed by atoms with Gasteiger partial charge in [-0.3, -0.25) is 4.99 Å². The van der Waals surface area contributed by atoms with Gasteiger partial charge in [0.1, 0.15) is 0 Å². The fourth-order valence-corrected chi connectivity index (χ4v) is 3.01. The Morgan fingerprint density at radius 3 is 2.86 bits per heavy atom. The number of guanidine groups is 1. The smallest absolute Gasteiger partial charge is 0.193 e. The number of halogens is 2. The molecule has 4 nitrogen and oxygen atoms in total. The monoisotopic (exact) mass is 436 g/mol. The molecule has 0 saturated carbocycles. The molecule has 1 aliphatic rings. The highest BCUT2D eigenvalue weighted by atomic mass is 127. The van der Waals surface area contributed by atoms with Crippen LogP contribution in [0.5, 0.6) is 0 Å². The van der Waals surface area contributed by atoms with Crippen molar-refractivity contribution in [3.8, 4) is 0 Å². The van der Waals surface area contributed by atoms with Gasteiger partial charge in [-0.1, -0.05) is 23.7 Å². The highest BCUT2D eigenvalue weighted by Crippen LogP contribution is 2.14. The molecule has 1 atom stereocenters. The van der Waals surface area contributed by atoms with Gasteiger partial charge in [-0.2, -0.15) is 0 Å². The molecule has 124 valence electrons. The molecular formula is C16H26ClIN4. The number of nitrogens with zero attached hydrogens (tertiary/aromatic N) is 3. The van der Waals surface area contributed by atoms with Crippen molar-refractivity contribution in [3.05, 3.63) is 34.9 Å². The van der Waals surface area contributed by atoms with Crippen LogP contribution in [0.25, 0.3) is 0 Å². The Bertz CT molecular complexity index is 495. The van der Waals surface area contributed by atoms with Gasteiger partial charge in [-0.15, -0.1) is 24.0 Å². The number of nitrogens with one attached hydrogen (secondary N) is 1. The molecule has 1 aliphatic heterocycles. The van der Waals surface area contributed by atoms with E-state index in [-0.39, 0.29) is 24.0 Å². The summed E-state index contributed by atoms with van der Waals surface area (Å²) in [6.45, 7) is 4.15. The van der Waals surface area contributed by atoms with Crippen LogP contribution in [0.3, 0.4) is 0 Å². The van der Waals surface area contributed by atoms with Crippen molar-refractivity contribution in [1.29, 1.82) is 0 Å². The molecule has 0 radical (unpaired) electrons. The van der Waals surface area contributed by atoms with E-state index >= 15 is 0 Å². The predicted molar refractivity (Wildman–Crippen MR) is 105 cm³/mol. The summed E-state index contributed by atoms with van der Waals surface area (Å²) in [6, 6.07) is 7.96. The first-order valence-corrected chi connectivity index (χ1v) is 7.81. The van der Waals surface area contributed by atoms with E-state index in [0.717, 1.165) is 24.1 Å². The lowest BCUT2D eigenvalue weighted by atomic mass is 10.1. The molecule has 1 heterocycles. The van der Waals surface area contributed by atoms with E-state index in [4.69, 9.17) is 11.6 Å². The highest BCUT2D eigenvalue weighted by molar-refractivity contribution is 14.0. The Balaban J connectivity index is 0.00000242. The maximum absolute atomic E-state index is 6.03. The number of benzene rings is 1. The third-order valence-corrected chi connectivity index (χ3v) is 4.16. The van der Waals surface area contributed by atoms with Gasteiger partial charge in [0.05, 0.1) is 0 Å². The molecule has 1 aromatic rings. The third-order valence-electron chi connectivity index (χ3n) is 3.92. The minimum atomic E-state index is 0. The molecule has 1 fully saturated rings. The summed E-state index contributed by atoms with van der Waals surface area (Å²) in [4.78, 5) is 8.88. The van der Waals surface area contributed by atoms with Crippen molar-refractivity contribution in [2.24, 2.45) is 10.9 Å². The standard InChI is InChI=1S/C16H25ClN4.HI/c1-18-16(19-10-14-7-8-20(2)11-14)21(3)12-13-5-4-6-15(17)9-13;/h4-6,9,14H,7-8,10-12H2,1-3H3,(H,18,19);1H. The fourth-order valence-electron chi connectivity index (χ4n) is 2.80. The van der Waals surface area contributed by atoms with Gasteiger partial charge in [0, 0.05) is 38.8 Å². The molecule has 22 heavy (non-hydrogen) atoms. The van der Waals surface area contributed by atoms with Crippen molar-refractivity contribution in [1.82, 2.24) is 15.1 Å². The second-order valence-corrected chi connectivity index (χ2v) is 6.27. The third kappa shape index (κ3) is 5.93. The first kappa shape index (κ1) is 19.5. The Kier molecular flexibility index (Phi) is 8.49. The second-order valence-electron chi connectivity index (χ2n) is 5.83. The van der Waals surface area contributed by atoms with E-state index in [0.29, 0.717) is 5.92 Å². The van der Waals surface area contributed by atoms with E-state index in [1.54, 1.807) is 0 Å².